The Morgan fingerprint density at radius 3 is 2.04 bits per heavy atom. The van der Waals surface area contributed by atoms with E-state index in [0.717, 1.165) is 17.5 Å². The first-order chi connectivity index (χ1) is 11.2. The first-order valence-corrected chi connectivity index (χ1v) is 7.82. The standard InChI is InChI=1S/C19H19NO3/c1-2-11-23-13-15-8-4-3-7-14(15)12-20-18(21)16-9-5-6-10-17(16)19(20)22/h3-10H,2,11-13H2,1H3. The van der Waals surface area contributed by atoms with Crippen molar-refractivity contribution in [2.45, 2.75) is 26.5 Å². The van der Waals surface area contributed by atoms with Crippen molar-refractivity contribution >= 4 is 11.8 Å². The molecule has 0 saturated carbocycles. The Morgan fingerprint density at radius 1 is 0.870 bits per heavy atom. The number of hydrogen-bond donors (Lipinski definition) is 0. The summed E-state index contributed by atoms with van der Waals surface area (Å²) in [6.45, 7) is 3.53. The van der Waals surface area contributed by atoms with Crippen LogP contribution in [0.1, 0.15) is 45.2 Å². The molecule has 0 aliphatic carbocycles. The van der Waals surface area contributed by atoms with Crippen molar-refractivity contribution < 1.29 is 14.3 Å². The summed E-state index contributed by atoms with van der Waals surface area (Å²) in [6, 6.07) is 14.7. The van der Waals surface area contributed by atoms with Crippen LogP contribution in [-0.4, -0.2) is 23.3 Å². The highest BCUT2D eigenvalue weighted by atomic mass is 16.5. The van der Waals surface area contributed by atoms with Crippen molar-refractivity contribution in [3.8, 4) is 0 Å². The molecule has 4 heteroatoms. The number of imide groups is 1. The summed E-state index contributed by atoms with van der Waals surface area (Å²) < 4.78 is 5.60. The van der Waals surface area contributed by atoms with Gasteiger partial charge in [-0.1, -0.05) is 43.3 Å². The Labute approximate surface area is 135 Å². The summed E-state index contributed by atoms with van der Waals surface area (Å²) in [5, 5.41) is 0. The summed E-state index contributed by atoms with van der Waals surface area (Å²) in [4.78, 5) is 26.2. The minimum atomic E-state index is -0.227. The molecule has 0 aromatic heterocycles. The minimum Gasteiger partial charge on any atom is -0.377 e. The van der Waals surface area contributed by atoms with E-state index in [-0.39, 0.29) is 18.4 Å². The number of carbonyl (C=O) groups is 2. The second-order valence-corrected chi connectivity index (χ2v) is 5.56. The number of nitrogens with zero attached hydrogens (tertiary/aromatic N) is 1. The lowest BCUT2D eigenvalue weighted by molar-refractivity contribution is 0.0639. The zero-order valence-corrected chi connectivity index (χ0v) is 13.1. The van der Waals surface area contributed by atoms with Gasteiger partial charge in [-0.3, -0.25) is 14.5 Å². The van der Waals surface area contributed by atoms with E-state index in [1.54, 1.807) is 24.3 Å². The predicted octanol–water partition coefficient (Wildman–Crippen LogP) is 3.41. The van der Waals surface area contributed by atoms with Gasteiger partial charge < -0.3 is 4.74 Å². The largest absolute Gasteiger partial charge is 0.377 e. The van der Waals surface area contributed by atoms with Gasteiger partial charge >= 0.3 is 0 Å². The topological polar surface area (TPSA) is 46.6 Å². The van der Waals surface area contributed by atoms with Crippen molar-refractivity contribution in [3.63, 3.8) is 0 Å². The van der Waals surface area contributed by atoms with Crippen molar-refractivity contribution in [1.82, 2.24) is 4.90 Å². The van der Waals surface area contributed by atoms with Gasteiger partial charge in [0.25, 0.3) is 11.8 Å². The maximum atomic E-state index is 12.5. The van der Waals surface area contributed by atoms with Crippen molar-refractivity contribution in [1.29, 1.82) is 0 Å². The first kappa shape index (κ1) is 15.4. The zero-order chi connectivity index (χ0) is 16.2. The maximum absolute atomic E-state index is 12.5. The Bertz CT molecular complexity index is 704. The normalized spacial score (nSPS) is 13.5. The molecule has 2 amide bonds. The van der Waals surface area contributed by atoms with E-state index < -0.39 is 0 Å². The number of amides is 2. The fourth-order valence-electron chi connectivity index (χ4n) is 2.73. The SMILES string of the molecule is CCCOCc1ccccc1CN1C(=O)c2ccccc2C1=O. The van der Waals surface area contributed by atoms with Crippen LogP contribution in [0.25, 0.3) is 0 Å². The molecule has 1 aliphatic rings. The summed E-state index contributed by atoms with van der Waals surface area (Å²) in [5.74, 6) is -0.454. The summed E-state index contributed by atoms with van der Waals surface area (Å²) >= 11 is 0. The molecule has 1 aliphatic heterocycles. The van der Waals surface area contributed by atoms with E-state index in [9.17, 15) is 9.59 Å². The summed E-state index contributed by atoms with van der Waals surface area (Å²) in [5.41, 5.74) is 2.92. The molecule has 4 nitrogen and oxygen atoms in total. The van der Waals surface area contributed by atoms with E-state index in [1.807, 2.05) is 24.3 Å². The van der Waals surface area contributed by atoms with Crippen LogP contribution < -0.4 is 0 Å². The van der Waals surface area contributed by atoms with Crippen molar-refractivity contribution in [2.75, 3.05) is 6.61 Å². The van der Waals surface area contributed by atoms with E-state index in [0.29, 0.717) is 24.3 Å². The molecule has 0 unspecified atom stereocenters. The molecule has 0 atom stereocenters. The Balaban J connectivity index is 1.81. The number of rotatable bonds is 6. The average molecular weight is 309 g/mol. The highest BCUT2D eigenvalue weighted by Gasteiger charge is 2.35. The van der Waals surface area contributed by atoms with Gasteiger partial charge in [0, 0.05) is 6.61 Å². The highest BCUT2D eigenvalue weighted by molar-refractivity contribution is 6.21. The molecule has 3 rings (SSSR count). The van der Waals surface area contributed by atoms with E-state index in [2.05, 4.69) is 6.92 Å². The molecular formula is C19H19NO3. The molecule has 0 N–H and O–H groups in total. The molecule has 0 fully saturated rings. The molecule has 2 aromatic carbocycles. The van der Waals surface area contributed by atoms with E-state index >= 15 is 0 Å². The van der Waals surface area contributed by atoms with Gasteiger partial charge in [0.1, 0.15) is 0 Å². The second kappa shape index (κ2) is 6.75. The van der Waals surface area contributed by atoms with Crippen LogP contribution in [0.5, 0.6) is 0 Å². The van der Waals surface area contributed by atoms with Crippen LogP contribution in [-0.2, 0) is 17.9 Å². The molecular weight excluding hydrogens is 290 g/mol. The quantitative estimate of drug-likeness (QED) is 0.607. The van der Waals surface area contributed by atoms with E-state index in [4.69, 9.17) is 4.74 Å². The maximum Gasteiger partial charge on any atom is 0.261 e. The number of ether oxygens (including phenoxy) is 1. The smallest absolute Gasteiger partial charge is 0.261 e. The monoisotopic (exact) mass is 309 g/mol. The fraction of sp³-hybridized carbons (Fsp3) is 0.263. The highest BCUT2D eigenvalue weighted by Crippen LogP contribution is 2.25. The van der Waals surface area contributed by atoms with Gasteiger partial charge in [-0.15, -0.1) is 0 Å². The minimum absolute atomic E-state index is 0.227. The molecule has 0 radical (unpaired) electrons. The lowest BCUT2D eigenvalue weighted by Gasteiger charge is -2.17. The number of carbonyl (C=O) groups excluding carboxylic acids is 2. The Morgan fingerprint density at radius 2 is 1.43 bits per heavy atom. The fourth-order valence-corrected chi connectivity index (χ4v) is 2.73. The third-order valence-electron chi connectivity index (χ3n) is 3.93. The van der Waals surface area contributed by atoms with Crippen molar-refractivity contribution in [2.24, 2.45) is 0 Å². The van der Waals surface area contributed by atoms with Crippen LogP contribution in [0.4, 0.5) is 0 Å². The Hall–Kier alpha value is -2.46. The van der Waals surface area contributed by atoms with Gasteiger partial charge in [-0.2, -0.15) is 0 Å². The number of hydrogen-bond acceptors (Lipinski definition) is 3. The van der Waals surface area contributed by atoms with Crippen molar-refractivity contribution in [3.05, 3.63) is 70.8 Å². The van der Waals surface area contributed by atoms with Gasteiger partial charge in [-0.05, 0) is 29.7 Å². The van der Waals surface area contributed by atoms with Crippen LogP contribution in [0.2, 0.25) is 0 Å². The average Bonchev–Trinajstić information content (AvgIpc) is 2.82. The van der Waals surface area contributed by atoms with Gasteiger partial charge in [0.15, 0.2) is 0 Å². The Kier molecular flexibility index (Phi) is 4.53. The molecule has 23 heavy (non-hydrogen) atoms. The van der Waals surface area contributed by atoms with Crippen LogP contribution >= 0.6 is 0 Å². The lowest BCUT2D eigenvalue weighted by Crippen LogP contribution is -2.29. The number of fused-ring (bicyclic) bond motifs is 1. The third-order valence-corrected chi connectivity index (χ3v) is 3.93. The first-order valence-electron chi connectivity index (χ1n) is 7.82. The molecule has 0 saturated heterocycles. The van der Waals surface area contributed by atoms with Gasteiger partial charge in [-0.25, -0.2) is 0 Å². The van der Waals surface area contributed by atoms with Gasteiger partial charge in [0.2, 0.25) is 0 Å². The van der Waals surface area contributed by atoms with Crippen LogP contribution in [0.15, 0.2) is 48.5 Å². The second-order valence-electron chi connectivity index (χ2n) is 5.56. The third kappa shape index (κ3) is 3.03. The molecule has 2 aromatic rings. The van der Waals surface area contributed by atoms with Gasteiger partial charge in [0.05, 0.1) is 24.3 Å². The van der Waals surface area contributed by atoms with E-state index in [1.165, 1.54) is 4.90 Å². The lowest BCUT2D eigenvalue weighted by atomic mass is 10.1. The molecule has 0 spiro atoms. The molecule has 0 bridgehead atoms. The molecule has 118 valence electrons. The predicted molar refractivity (Wildman–Crippen MR) is 87.0 cm³/mol. The summed E-state index contributed by atoms with van der Waals surface area (Å²) in [7, 11) is 0. The number of benzene rings is 2. The zero-order valence-electron chi connectivity index (χ0n) is 13.1. The van der Waals surface area contributed by atoms with Crippen LogP contribution in [0.3, 0.4) is 0 Å². The summed E-state index contributed by atoms with van der Waals surface area (Å²) in [6.07, 6.45) is 0.959. The van der Waals surface area contributed by atoms with Crippen LogP contribution in [0, 0.1) is 0 Å². The molecule has 1 heterocycles.